The van der Waals surface area contributed by atoms with Crippen molar-refractivity contribution < 1.29 is 14.4 Å². The van der Waals surface area contributed by atoms with Crippen LogP contribution in [0.4, 0.5) is 0 Å². The summed E-state index contributed by atoms with van der Waals surface area (Å²) in [7, 11) is 0. The predicted octanol–water partition coefficient (Wildman–Crippen LogP) is 6.83. The van der Waals surface area contributed by atoms with Crippen molar-refractivity contribution in [2.75, 3.05) is 0 Å². The third kappa shape index (κ3) is 2.53. The summed E-state index contributed by atoms with van der Waals surface area (Å²) in [6, 6.07) is 35.3. The molecule has 202 valence electrons. The number of carbonyl (C=O) groups excluding carboxylic acids is 3. The molecule has 0 N–H and O–H groups in total. The van der Waals surface area contributed by atoms with E-state index >= 15 is 14.4 Å². The van der Waals surface area contributed by atoms with Crippen molar-refractivity contribution >= 4 is 28.1 Å². The van der Waals surface area contributed by atoms with Gasteiger partial charge in [-0.25, -0.2) is 0 Å². The molecule has 0 aromatic heterocycles. The van der Waals surface area contributed by atoms with E-state index in [-0.39, 0.29) is 23.4 Å². The van der Waals surface area contributed by atoms with Gasteiger partial charge >= 0.3 is 0 Å². The molecule has 1 fully saturated rings. The molecule has 9 rings (SSSR count). The smallest absolute Gasteiger partial charge is 0.189 e. The third-order valence-electron chi connectivity index (χ3n) is 10.6. The highest BCUT2D eigenvalue weighted by molar-refractivity contribution is 6.36. The molecule has 0 radical (unpaired) electrons. The van der Waals surface area contributed by atoms with Crippen LogP contribution in [-0.2, 0) is 18.5 Å². The molecule has 4 aliphatic rings. The normalized spacial score (nSPS) is 24.9. The summed E-state index contributed by atoms with van der Waals surface area (Å²) in [5, 5.41) is 1.82. The molecule has 5 aromatic carbocycles. The molecule has 2 heterocycles. The lowest BCUT2D eigenvalue weighted by molar-refractivity contribution is 0.0193. The molecule has 5 aromatic rings. The number of benzene rings is 5. The Kier molecular flexibility index (Phi) is 4.56. The van der Waals surface area contributed by atoms with Crippen LogP contribution >= 0.6 is 0 Å². The number of fused-ring (bicyclic) bond motifs is 6. The zero-order valence-corrected chi connectivity index (χ0v) is 23.1. The van der Waals surface area contributed by atoms with E-state index in [2.05, 4.69) is 47.4 Å². The standard InChI is InChI=1S/C38H27NO3/c1-22-16-18-24(19-17-22)33-31-20-25-8-2-3-9-26(25)21-39(31)38(37(33)34(40)27-12-4-5-13-28(27)35(37)41)30-15-7-11-23-10-6-14-29(32(23)30)36(38)42/h2-19,31,33H,20-21H2,1H3. The first-order chi connectivity index (χ1) is 20.5. The molecule has 2 spiro atoms. The summed E-state index contributed by atoms with van der Waals surface area (Å²) in [5.41, 5.74) is 3.49. The van der Waals surface area contributed by atoms with Gasteiger partial charge in [0.15, 0.2) is 17.3 Å². The van der Waals surface area contributed by atoms with Gasteiger partial charge in [0.2, 0.25) is 0 Å². The van der Waals surface area contributed by atoms with E-state index in [4.69, 9.17) is 0 Å². The average molecular weight is 546 g/mol. The second kappa shape index (κ2) is 7.99. The minimum absolute atomic E-state index is 0.136. The summed E-state index contributed by atoms with van der Waals surface area (Å²) in [4.78, 5) is 48.2. The highest BCUT2D eigenvalue weighted by atomic mass is 16.2. The molecule has 3 atom stereocenters. The lowest BCUT2D eigenvalue weighted by Crippen LogP contribution is -2.60. The summed E-state index contributed by atoms with van der Waals surface area (Å²) in [6.07, 6.45) is 0.648. The number of nitrogens with zero attached hydrogens (tertiary/aromatic N) is 1. The van der Waals surface area contributed by atoms with Crippen molar-refractivity contribution in [3.05, 3.63) is 154 Å². The third-order valence-corrected chi connectivity index (χ3v) is 10.6. The molecule has 0 bridgehead atoms. The molecular formula is C38H27NO3. The Labute approximate surface area is 243 Å². The van der Waals surface area contributed by atoms with Crippen molar-refractivity contribution in [1.82, 2.24) is 4.90 Å². The van der Waals surface area contributed by atoms with Crippen LogP contribution in [0.3, 0.4) is 0 Å². The Hall–Kier alpha value is -4.67. The zero-order chi connectivity index (χ0) is 28.4. The van der Waals surface area contributed by atoms with E-state index < -0.39 is 16.9 Å². The van der Waals surface area contributed by atoms with Gasteiger partial charge < -0.3 is 0 Å². The Morgan fingerprint density at radius 3 is 1.98 bits per heavy atom. The first-order valence-corrected chi connectivity index (χ1v) is 14.7. The fraction of sp³-hybridized carbons (Fsp3) is 0.184. The number of hydrogen-bond donors (Lipinski definition) is 0. The van der Waals surface area contributed by atoms with Crippen molar-refractivity contribution in [3.63, 3.8) is 0 Å². The number of rotatable bonds is 1. The molecule has 2 aliphatic heterocycles. The van der Waals surface area contributed by atoms with Crippen LogP contribution in [0.5, 0.6) is 0 Å². The zero-order valence-electron chi connectivity index (χ0n) is 23.1. The molecule has 4 nitrogen and oxygen atoms in total. The number of ketones is 3. The lowest BCUT2D eigenvalue weighted by atomic mass is 9.56. The lowest BCUT2D eigenvalue weighted by Gasteiger charge is -2.45. The fourth-order valence-electron chi connectivity index (χ4n) is 9.04. The molecular weight excluding hydrogens is 518 g/mol. The van der Waals surface area contributed by atoms with E-state index in [0.29, 0.717) is 29.7 Å². The van der Waals surface area contributed by atoms with Crippen LogP contribution in [0.15, 0.2) is 109 Å². The van der Waals surface area contributed by atoms with E-state index in [1.54, 1.807) is 12.1 Å². The predicted molar refractivity (Wildman–Crippen MR) is 161 cm³/mol. The van der Waals surface area contributed by atoms with E-state index in [0.717, 1.165) is 33.0 Å². The van der Waals surface area contributed by atoms with Crippen molar-refractivity contribution in [1.29, 1.82) is 0 Å². The van der Waals surface area contributed by atoms with Gasteiger partial charge in [0, 0.05) is 35.2 Å². The SMILES string of the molecule is Cc1ccc(C2C3Cc4ccccc4CN3C3(C(=O)c4cccc5cccc3c45)C23C(=O)c2ccccc2C3=O)cc1. The molecule has 2 aliphatic carbocycles. The number of carbonyl (C=O) groups is 3. The molecule has 0 saturated carbocycles. The van der Waals surface area contributed by atoms with Crippen LogP contribution < -0.4 is 0 Å². The van der Waals surface area contributed by atoms with Gasteiger partial charge in [-0.2, -0.15) is 0 Å². The second-order valence-electron chi connectivity index (χ2n) is 12.3. The summed E-state index contributed by atoms with van der Waals surface area (Å²) >= 11 is 0. The highest BCUT2D eigenvalue weighted by Crippen LogP contribution is 2.70. The second-order valence-corrected chi connectivity index (χ2v) is 12.3. The van der Waals surface area contributed by atoms with Crippen LogP contribution in [0.1, 0.15) is 64.8 Å². The van der Waals surface area contributed by atoms with Gasteiger partial charge in [-0.05, 0) is 46.4 Å². The monoisotopic (exact) mass is 545 g/mol. The Bertz CT molecular complexity index is 2000. The number of Topliss-reactive ketones (excluding diaryl/α,β-unsaturated/α-hetero) is 3. The number of hydrogen-bond acceptors (Lipinski definition) is 4. The highest BCUT2D eigenvalue weighted by Gasteiger charge is 2.81. The summed E-state index contributed by atoms with van der Waals surface area (Å²) in [5.74, 6) is -1.12. The first-order valence-electron chi connectivity index (χ1n) is 14.7. The van der Waals surface area contributed by atoms with Crippen LogP contribution in [0, 0.1) is 12.3 Å². The number of aryl methyl sites for hydroxylation is 1. The van der Waals surface area contributed by atoms with Crippen LogP contribution in [-0.4, -0.2) is 28.3 Å². The maximum atomic E-state index is 15.4. The Morgan fingerprint density at radius 2 is 1.26 bits per heavy atom. The van der Waals surface area contributed by atoms with Gasteiger partial charge in [-0.1, -0.05) is 115 Å². The Balaban J connectivity index is 1.46. The van der Waals surface area contributed by atoms with E-state index in [1.165, 1.54) is 5.56 Å². The first kappa shape index (κ1) is 24.0. The summed E-state index contributed by atoms with van der Waals surface area (Å²) < 4.78 is 0. The van der Waals surface area contributed by atoms with E-state index in [9.17, 15) is 0 Å². The maximum Gasteiger partial charge on any atom is 0.189 e. The minimum Gasteiger partial charge on any atom is -0.293 e. The molecule has 1 saturated heterocycles. The molecule has 0 amide bonds. The van der Waals surface area contributed by atoms with Gasteiger partial charge in [0.05, 0.1) is 0 Å². The minimum atomic E-state index is -1.65. The molecule has 42 heavy (non-hydrogen) atoms. The summed E-state index contributed by atoms with van der Waals surface area (Å²) in [6.45, 7) is 2.52. The largest absolute Gasteiger partial charge is 0.293 e. The quantitative estimate of drug-likeness (QED) is 0.217. The fourth-order valence-corrected chi connectivity index (χ4v) is 9.04. The molecule has 3 unspecified atom stereocenters. The van der Waals surface area contributed by atoms with Crippen LogP contribution in [0.25, 0.3) is 10.8 Å². The Morgan fingerprint density at radius 1 is 0.643 bits per heavy atom. The van der Waals surface area contributed by atoms with Gasteiger partial charge in [-0.15, -0.1) is 0 Å². The van der Waals surface area contributed by atoms with Crippen LogP contribution in [0.2, 0.25) is 0 Å². The van der Waals surface area contributed by atoms with Gasteiger partial charge in [0.25, 0.3) is 0 Å². The van der Waals surface area contributed by atoms with E-state index in [1.807, 2.05) is 61.5 Å². The van der Waals surface area contributed by atoms with Crippen molar-refractivity contribution in [3.8, 4) is 0 Å². The molecule has 4 heteroatoms. The van der Waals surface area contributed by atoms with Crippen molar-refractivity contribution in [2.45, 2.75) is 37.4 Å². The van der Waals surface area contributed by atoms with Crippen molar-refractivity contribution in [2.24, 2.45) is 5.41 Å². The van der Waals surface area contributed by atoms with Gasteiger partial charge in [0.1, 0.15) is 11.0 Å². The maximum absolute atomic E-state index is 15.4. The van der Waals surface area contributed by atoms with Gasteiger partial charge in [-0.3, -0.25) is 19.3 Å². The topological polar surface area (TPSA) is 54.5 Å². The average Bonchev–Trinajstić information content (AvgIpc) is 3.53.